The summed E-state index contributed by atoms with van der Waals surface area (Å²) in [5.74, 6) is 0.994. The predicted molar refractivity (Wildman–Crippen MR) is 67.3 cm³/mol. The molecule has 1 aromatic heterocycles. The predicted octanol–water partition coefficient (Wildman–Crippen LogP) is 2.32. The summed E-state index contributed by atoms with van der Waals surface area (Å²) >= 11 is 0. The number of hydrogen-bond donors (Lipinski definition) is 1. The Bertz CT molecular complexity index is 563. The zero-order valence-electron chi connectivity index (χ0n) is 10.4. The van der Waals surface area contributed by atoms with Gasteiger partial charge in [0, 0.05) is 5.56 Å². The number of aryl methyl sites for hydroxylation is 2. The first-order chi connectivity index (χ1) is 8.78. The van der Waals surface area contributed by atoms with Gasteiger partial charge in [-0.2, -0.15) is 4.98 Å². The smallest absolute Gasteiger partial charge is 0.232 e. The van der Waals surface area contributed by atoms with E-state index in [1.807, 2.05) is 13.0 Å². The van der Waals surface area contributed by atoms with Crippen molar-refractivity contribution in [1.29, 1.82) is 0 Å². The Hall–Kier alpha value is -1.68. The van der Waals surface area contributed by atoms with Gasteiger partial charge >= 0.3 is 0 Å². The Morgan fingerprint density at radius 1 is 1.33 bits per heavy atom. The summed E-state index contributed by atoms with van der Waals surface area (Å²) in [5, 5.41) is 13.1. The maximum atomic E-state index is 9.07. The Morgan fingerprint density at radius 3 is 3.00 bits per heavy atom. The number of aromatic nitrogens is 2. The third-order valence-electron chi connectivity index (χ3n) is 3.49. The molecule has 1 heterocycles. The second-order valence-electron chi connectivity index (χ2n) is 4.88. The van der Waals surface area contributed by atoms with Crippen molar-refractivity contribution >= 4 is 0 Å². The molecule has 0 bridgehead atoms. The lowest BCUT2D eigenvalue weighted by atomic mass is 10.1. The fraction of sp³-hybridized carbons (Fsp3) is 0.429. The van der Waals surface area contributed by atoms with Crippen molar-refractivity contribution in [3.8, 4) is 11.4 Å². The standard InChI is InChI=1S/C14H16N2O2/c1-9(8-17)14-15-13(16-18-14)12-6-5-10-3-2-4-11(10)7-12/h5-7,9,17H,2-4,8H2,1H3/t9-/m1/s1. The van der Waals surface area contributed by atoms with Crippen LogP contribution in [-0.4, -0.2) is 21.9 Å². The lowest BCUT2D eigenvalue weighted by Crippen LogP contribution is -1.98. The van der Waals surface area contributed by atoms with Gasteiger partial charge in [0.1, 0.15) is 0 Å². The molecule has 0 spiro atoms. The lowest BCUT2D eigenvalue weighted by Gasteiger charge is -2.01. The summed E-state index contributed by atoms with van der Waals surface area (Å²) in [5.41, 5.74) is 3.83. The zero-order valence-corrected chi connectivity index (χ0v) is 10.4. The molecule has 1 atom stereocenters. The summed E-state index contributed by atoms with van der Waals surface area (Å²) < 4.78 is 5.17. The number of hydrogen-bond acceptors (Lipinski definition) is 4. The van der Waals surface area contributed by atoms with Gasteiger partial charge in [0.2, 0.25) is 11.7 Å². The molecule has 0 unspecified atom stereocenters. The minimum atomic E-state index is -0.110. The van der Waals surface area contributed by atoms with Crippen molar-refractivity contribution in [3.63, 3.8) is 0 Å². The molecule has 1 aliphatic carbocycles. The van der Waals surface area contributed by atoms with Crippen LogP contribution >= 0.6 is 0 Å². The summed E-state index contributed by atoms with van der Waals surface area (Å²) in [6, 6.07) is 6.35. The van der Waals surface area contributed by atoms with E-state index in [2.05, 4.69) is 22.3 Å². The van der Waals surface area contributed by atoms with Crippen LogP contribution in [0.3, 0.4) is 0 Å². The van der Waals surface area contributed by atoms with Crippen LogP contribution in [0.2, 0.25) is 0 Å². The Kier molecular flexibility index (Phi) is 2.88. The molecule has 0 aliphatic heterocycles. The van der Waals surface area contributed by atoms with Gasteiger partial charge in [-0.25, -0.2) is 0 Å². The second kappa shape index (κ2) is 4.53. The maximum Gasteiger partial charge on any atom is 0.232 e. The van der Waals surface area contributed by atoms with Crippen molar-refractivity contribution < 1.29 is 9.63 Å². The average Bonchev–Trinajstić information content (AvgIpc) is 3.05. The van der Waals surface area contributed by atoms with Gasteiger partial charge in [0.25, 0.3) is 0 Å². The Morgan fingerprint density at radius 2 is 2.17 bits per heavy atom. The highest BCUT2D eigenvalue weighted by molar-refractivity contribution is 5.57. The Balaban J connectivity index is 1.92. The van der Waals surface area contributed by atoms with E-state index < -0.39 is 0 Å². The molecule has 0 amide bonds. The number of benzene rings is 1. The van der Waals surface area contributed by atoms with Crippen molar-refractivity contribution in [2.45, 2.75) is 32.1 Å². The molecule has 94 valence electrons. The molecular weight excluding hydrogens is 228 g/mol. The van der Waals surface area contributed by atoms with Crippen LogP contribution in [0.5, 0.6) is 0 Å². The molecule has 0 saturated carbocycles. The maximum absolute atomic E-state index is 9.07. The number of nitrogens with zero attached hydrogens (tertiary/aromatic N) is 2. The van der Waals surface area contributed by atoms with E-state index in [0.717, 1.165) is 12.0 Å². The van der Waals surface area contributed by atoms with Crippen LogP contribution in [0.25, 0.3) is 11.4 Å². The molecule has 18 heavy (non-hydrogen) atoms. The molecule has 3 rings (SSSR count). The highest BCUT2D eigenvalue weighted by Crippen LogP contribution is 2.27. The zero-order chi connectivity index (χ0) is 12.5. The van der Waals surface area contributed by atoms with E-state index in [1.54, 1.807) is 0 Å². The lowest BCUT2D eigenvalue weighted by molar-refractivity contribution is 0.242. The van der Waals surface area contributed by atoms with E-state index >= 15 is 0 Å². The van der Waals surface area contributed by atoms with Gasteiger partial charge in [-0.15, -0.1) is 0 Å². The summed E-state index contributed by atoms with van der Waals surface area (Å²) in [4.78, 5) is 4.34. The van der Waals surface area contributed by atoms with Gasteiger partial charge in [-0.05, 0) is 36.5 Å². The molecule has 0 saturated heterocycles. The highest BCUT2D eigenvalue weighted by Gasteiger charge is 2.16. The van der Waals surface area contributed by atoms with E-state index in [1.165, 1.54) is 24.0 Å². The fourth-order valence-electron chi connectivity index (χ4n) is 2.34. The van der Waals surface area contributed by atoms with Crippen LogP contribution in [0.1, 0.15) is 36.3 Å². The van der Waals surface area contributed by atoms with Crippen LogP contribution < -0.4 is 0 Å². The molecule has 4 heteroatoms. The van der Waals surface area contributed by atoms with E-state index in [4.69, 9.17) is 9.63 Å². The van der Waals surface area contributed by atoms with Crippen molar-refractivity contribution in [2.24, 2.45) is 0 Å². The fourth-order valence-corrected chi connectivity index (χ4v) is 2.34. The third-order valence-corrected chi connectivity index (χ3v) is 3.49. The van der Waals surface area contributed by atoms with Crippen LogP contribution in [0.4, 0.5) is 0 Å². The first-order valence-corrected chi connectivity index (χ1v) is 6.34. The van der Waals surface area contributed by atoms with Crippen LogP contribution in [-0.2, 0) is 12.8 Å². The molecule has 1 aliphatic rings. The van der Waals surface area contributed by atoms with Crippen molar-refractivity contribution in [2.75, 3.05) is 6.61 Å². The number of rotatable bonds is 3. The first kappa shape index (κ1) is 11.4. The number of aliphatic hydroxyl groups excluding tert-OH is 1. The summed E-state index contributed by atoms with van der Waals surface area (Å²) in [6.45, 7) is 1.88. The van der Waals surface area contributed by atoms with Crippen LogP contribution in [0, 0.1) is 0 Å². The molecular formula is C14H16N2O2. The van der Waals surface area contributed by atoms with Gasteiger partial charge in [0.15, 0.2) is 0 Å². The molecule has 0 fully saturated rings. The molecule has 4 nitrogen and oxygen atoms in total. The Labute approximate surface area is 106 Å². The second-order valence-corrected chi connectivity index (χ2v) is 4.88. The normalized spacial score (nSPS) is 15.7. The van der Waals surface area contributed by atoms with Crippen molar-refractivity contribution in [1.82, 2.24) is 10.1 Å². The summed E-state index contributed by atoms with van der Waals surface area (Å²) in [6.07, 6.45) is 3.55. The number of aliphatic hydroxyl groups is 1. The highest BCUT2D eigenvalue weighted by atomic mass is 16.5. The van der Waals surface area contributed by atoms with E-state index in [9.17, 15) is 0 Å². The number of fused-ring (bicyclic) bond motifs is 1. The molecule has 1 N–H and O–H groups in total. The quantitative estimate of drug-likeness (QED) is 0.900. The summed E-state index contributed by atoms with van der Waals surface area (Å²) in [7, 11) is 0. The van der Waals surface area contributed by atoms with Gasteiger partial charge in [-0.3, -0.25) is 0 Å². The monoisotopic (exact) mass is 244 g/mol. The SMILES string of the molecule is C[C@H](CO)c1nc(-c2ccc3c(c2)CCC3)no1. The molecule has 1 aromatic carbocycles. The van der Waals surface area contributed by atoms with Gasteiger partial charge < -0.3 is 9.63 Å². The minimum absolute atomic E-state index is 0.0197. The van der Waals surface area contributed by atoms with E-state index in [-0.39, 0.29) is 12.5 Å². The van der Waals surface area contributed by atoms with Gasteiger partial charge in [0.05, 0.1) is 12.5 Å². The van der Waals surface area contributed by atoms with Crippen LogP contribution in [0.15, 0.2) is 22.7 Å². The van der Waals surface area contributed by atoms with E-state index in [0.29, 0.717) is 11.7 Å². The molecule has 2 aromatic rings. The van der Waals surface area contributed by atoms with Crippen molar-refractivity contribution in [3.05, 3.63) is 35.2 Å². The third kappa shape index (κ3) is 1.93. The topological polar surface area (TPSA) is 59.2 Å². The largest absolute Gasteiger partial charge is 0.396 e. The van der Waals surface area contributed by atoms with Gasteiger partial charge in [-0.1, -0.05) is 24.2 Å². The average molecular weight is 244 g/mol. The molecule has 0 radical (unpaired) electrons. The minimum Gasteiger partial charge on any atom is -0.396 e. The first-order valence-electron chi connectivity index (χ1n) is 6.34.